The molecule has 0 radical (unpaired) electrons. The Morgan fingerprint density at radius 1 is 0.731 bits per heavy atom. The van der Waals surface area contributed by atoms with Crippen LogP contribution in [-0.2, 0) is 20.6 Å². The Hall–Kier alpha value is 0.627. The van der Waals surface area contributed by atoms with Crippen molar-refractivity contribution in [1.82, 2.24) is 0 Å². The van der Waals surface area contributed by atoms with Gasteiger partial charge in [0.25, 0.3) is 0 Å². The molecule has 4 heteroatoms. The monoisotopic (exact) mass is 581 g/mol. The van der Waals surface area contributed by atoms with Gasteiger partial charge in [-0.3, -0.25) is 0 Å². The molecule has 0 saturated heterocycles. The predicted molar refractivity (Wildman–Crippen MR) is 123 cm³/mol. The summed E-state index contributed by atoms with van der Waals surface area (Å²) in [4.78, 5) is 0. The maximum atomic E-state index is 2.63. The van der Waals surface area contributed by atoms with Crippen molar-refractivity contribution < 1.29 is 20.6 Å². The molecule has 0 aliphatic heterocycles. The third-order valence-electron chi connectivity index (χ3n) is 5.62. The van der Waals surface area contributed by atoms with Gasteiger partial charge in [0.2, 0.25) is 0 Å². The molecular formula is C22H39Cl2HfSi. The van der Waals surface area contributed by atoms with Crippen LogP contribution in [0.3, 0.4) is 0 Å². The summed E-state index contributed by atoms with van der Waals surface area (Å²) in [7, 11) is 0. The Morgan fingerprint density at radius 2 is 1.04 bits per heavy atom. The molecule has 0 N–H and O–H groups in total. The van der Waals surface area contributed by atoms with Crippen LogP contribution in [0.5, 0.6) is 0 Å². The second-order valence-corrected chi connectivity index (χ2v) is 36.9. The van der Waals surface area contributed by atoms with E-state index in [2.05, 4.69) is 80.6 Å². The molecule has 2 rings (SSSR count). The van der Waals surface area contributed by atoms with Crippen molar-refractivity contribution in [1.29, 1.82) is 0 Å². The SMILES string of the molecule is CC1=[C]([Hf]([C]2=C(C)C=C(C(C)(C)C)C2)[SiH](C)C)CC(C(C)(C)C)=C1.Cl.Cl. The minimum atomic E-state index is -1.85. The van der Waals surface area contributed by atoms with E-state index in [1.165, 1.54) is 12.8 Å². The largest absolute Gasteiger partial charge is 0.147 e. The first kappa shape index (κ1) is 26.6. The number of hydrogen-bond acceptors (Lipinski definition) is 0. The van der Waals surface area contributed by atoms with E-state index in [-0.39, 0.29) is 24.8 Å². The fourth-order valence-corrected chi connectivity index (χ4v) is 33.3. The van der Waals surface area contributed by atoms with Crippen LogP contribution in [0.4, 0.5) is 0 Å². The minimum absolute atomic E-state index is 0. The standard InChI is InChI=1S/2C10H15.C2H7Si.2ClH.Hf/c2*1-8-5-6-9(7-8)10(2,3)4;1-3-2;;;/h2*7H,6H2,1-4H3;3H,1-2H3;2*1H;. The van der Waals surface area contributed by atoms with Gasteiger partial charge in [-0.1, -0.05) is 0 Å². The molecule has 0 amide bonds. The number of allylic oxidation sites excluding steroid dienone is 8. The summed E-state index contributed by atoms with van der Waals surface area (Å²) in [5.74, 6) is -0.601. The topological polar surface area (TPSA) is 0 Å². The maximum Gasteiger partial charge on any atom is -0.147 e. The quantitative estimate of drug-likeness (QED) is 0.300. The van der Waals surface area contributed by atoms with Crippen LogP contribution < -0.4 is 0 Å². The van der Waals surface area contributed by atoms with Crippen LogP contribution in [0.1, 0.15) is 68.2 Å². The van der Waals surface area contributed by atoms with E-state index in [9.17, 15) is 0 Å². The molecule has 0 fully saturated rings. The Bertz CT molecular complexity index is 599. The van der Waals surface area contributed by atoms with Gasteiger partial charge >= 0.3 is 160 Å². The van der Waals surface area contributed by atoms with Crippen LogP contribution in [-0.4, -0.2) is 5.98 Å². The fraction of sp³-hybridized carbons (Fsp3) is 0.636. The second-order valence-electron chi connectivity index (χ2n) is 10.1. The summed E-state index contributed by atoms with van der Waals surface area (Å²) < 4.78 is 3.90. The summed E-state index contributed by atoms with van der Waals surface area (Å²) in [6, 6.07) is 0. The number of halogens is 2. The average Bonchev–Trinajstić information content (AvgIpc) is 2.94. The van der Waals surface area contributed by atoms with E-state index in [0.29, 0.717) is 10.8 Å². The molecule has 0 atom stereocenters. The minimum Gasteiger partial charge on any atom is -0.147 e. The van der Waals surface area contributed by atoms with Crippen molar-refractivity contribution in [3.8, 4) is 0 Å². The van der Waals surface area contributed by atoms with Crippen LogP contribution in [0.15, 0.2) is 41.1 Å². The van der Waals surface area contributed by atoms with E-state index < -0.39 is 26.6 Å². The van der Waals surface area contributed by atoms with Gasteiger partial charge < -0.3 is 0 Å². The summed E-state index contributed by atoms with van der Waals surface area (Å²) in [6.45, 7) is 24.4. The molecule has 2 aliphatic rings. The van der Waals surface area contributed by atoms with E-state index in [1.54, 1.807) is 22.3 Å². The van der Waals surface area contributed by atoms with E-state index >= 15 is 0 Å². The molecule has 26 heavy (non-hydrogen) atoms. The van der Waals surface area contributed by atoms with Crippen molar-refractivity contribution >= 4 is 30.8 Å². The Morgan fingerprint density at radius 3 is 1.23 bits per heavy atom. The van der Waals surface area contributed by atoms with Gasteiger partial charge in [-0.2, -0.15) is 0 Å². The predicted octanol–water partition coefficient (Wildman–Crippen LogP) is 7.73. The maximum absolute atomic E-state index is 2.63. The molecule has 0 aromatic heterocycles. The van der Waals surface area contributed by atoms with Crippen molar-refractivity contribution in [3.05, 3.63) is 41.1 Å². The van der Waals surface area contributed by atoms with Gasteiger partial charge in [0.1, 0.15) is 0 Å². The number of rotatable bonds is 3. The van der Waals surface area contributed by atoms with Crippen LogP contribution >= 0.6 is 24.8 Å². The molecule has 0 aromatic rings. The molecule has 2 aliphatic carbocycles. The van der Waals surface area contributed by atoms with E-state index in [1.807, 2.05) is 6.66 Å². The van der Waals surface area contributed by atoms with Crippen molar-refractivity contribution in [2.45, 2.75) is 81.3 Å². The summed E-state index contributed by atoms with van der Waals surface area (Å²) >= 11 is -1.85. The zero-order chi connectivity index (χ0) is 18.4. The zero-order valence-corrected chi connectivity index (χ0v) is 24.8. The Kier molecular flexibility index (Phi) is 9.64. The molecule has 0 heterocycles. The molecule has 0 bridgehead atoms. The summed E-state index contributed by atoms with van der Waals surface area (Å²) in [6.07, 6.45) is 7.67. The van der Waals surface area contributed by atoms with Gasteiger partial charge in [0, 0.05) is 0 Å². The molecular weight excluding hydrogens is 542 g/mol. The Balaban J connectivity index is 0.00000312. The van der Waals surface area contributed by atoms with E-state index in [0.717, 1.165) is 0 Å². The zero-order valence-electron chi connectivity index (χ0n) is 18.5. The second kappa shape index (κ2) is 9.42. The van der Waals surface area contributed by atoms with Crippen LogP contribution in [0.25, 0.3) is 0 Å². The van der Waals surface area contributed by atoms with E-state index in [4.69, 9.17) is 0 Å². The summed E-state index contributed by atoms with van der Waals surface area (Å²) in [5.41, 5.74) is 7.29. The summed E-state index contributed by atoms with van der Waals surface area (Å²) in [5, 5.41) is 0. The van der Waals surface area contributed by atoms with Gasteiger partial charge in [0.05, 0.1) is 0 Å². The third-order valence-corrected chi connectivity index (χ3v) is 33.7. The van der Waals surface area contributed by atoms with Crippen molar-refractivity contribution in [2.75, 3.05) is 0 Å². The number of hydrogen-bond donors (Lipinski definition) is 0. The van der Waals surface area contributed by atoms with Crippen molar-refractivity contribution in [2.24, 2.45) is 10.8 Å². The first-order chi connectivity index (χ1) is 10.8. The van der Waals surface area contributed by atoms with Gasteiger partial charge in [-0.05, 0) is 0 Å². The van der Waals surface area contributed by atoms with Gasteiger partial charge in [-0.25, -0.2) is 0 Å². The first-order valence-electron chi connectivity index (χ1n) is 9.51. The molecule has 0 aromatic carbocycles. The third kappa shape index (κ3) is 5.81. The van der Waals surface area contributed by atoms with Gasteiger partial charge in [-0.15, -0.1) is 24.8 Å². The average molecular weight is 581 g/mol. The molecule has 0 saturated carbocycles. The Labute approximate surface area is 183 Å². The van der Waals surface area contributed by atoms with Crippen molar-refractivity contribution in [3.63, 3.8) is 0 Å². The normalized spacial score (nSPS) is 18.0. The van der Waals surface area contributed by atoms with Gasteiger partial charge in [0.15, 0.2) is 0 Å². The smallest absolute Gasteiger partial charge is 0.147 e. The first-order valence-corrected chi connectivity index (χ1v) is 22.2. The van der Waals surface area contributed by atoms with Crippen LogP contribution in [0.2, 0.25) is 13.1 Å². The molecule has 0 spiro atoms. The molecule has 149 valence electrons. The fourth-order valence-electron chi connectivity index (χ4n) is 3.92. The molecule has 0 unspecified atom stereocenters. The van der Waals surface area contributed by atoms with Crippen LogP contribution in [0, 0.1) is 10.8 Å². The molecule has 0 nitrogen and oxygen atoms in total.